The van der Waals surface area contributed by atoms with Crippen molar-refractivity contribution in [3.8, 4) is 0 Å². The number of carbonyl (C=O) groups is 3. The maximum Gasteiger partial charge on any atom is 0.341 e. The lowest BCUT2D eigenvalue weighted by Crippen LogP contribution is -2.29. The molecule has 0 bridgehead atoms. The van der Waals surface area contributed by atoms with E-state index in [-0.39, 0.29) is 35.3 Å². The van der Waals surface area contributed by atoms with Crippen molar-refractivity contribution in [1.29, 1.82) is 0 Å². The highest BCUT2D eigenvalue weighted by molar-refractivity contribution is 7.15. The lowest BCUT2D eigenvalue weighted by Gasteiger charge is -2.17. The van der Waals surface area contributed by atoms with Crippen molar-refractivity contribution in [3.05, 3.63) is 45.8 Å². The first-order valence-corrected chi connectivity index (χ1v) is 10.4. The molecule has 2 aromatic rings. The Balaban J connectivity index is 1.65. The van der Waals surface area contributed by atoms with E-state index in [4.69, 9.17) is 4.74 Å². The van der Waals surface area contributed by atoms with Gasteiger partial charge in [-0.05, 0) is 42.7 Å². The largest absolute Gasteiger partial charge is 0.462 e. The lowest BCUT2D eigenvalue weighted by atomic mass is 10.1. The second kappa shape index (κ2) is 8.02. The minimum atomic E-state index is -1.06. The van der Waals surface area contributed by atoms with Crippen molar-refractivity contribution >= 4 is 39.9 Å². The molecule has 4 rings (SSSR count). The fourth-order valence-corrected chi connectivity index (χ4v) is 4.39. The Bertz CT molecular complexity index is 1040. The van der Waals surface area contributed by atoms with Crippen LogP contribution in [-0.4, -0.2) is 37.6 Å². The van der Waals surface area contributed by atoms with Crippen LogP contribution in [0, 0.1) is 11.6 Å². The van der Waals surface area contributed by atoms with E-state index in [1.54, 1.807) is 12.3 Å². The van der Waals surface area contributed by atoms with Gasteiger partial charge in [-0.15, -0.1) is 11.3 Å². The van der Waals surface area contributed by atoms with E-state index in [0.29, 0.717) is 12.6 Å². The van der Waals surface area contributed by atoms with E-state index >= 15 is 0 Å². The fourth-order valence-electron chi connectivity index (χ4n) is 3.36. The predicted molar refractivity (Wildman–Crippen MR) is 107 cm³/mol. The summed E-state index contributed by atoms with van der Waals surface area (Å²) in [4.78, 5) is 38.2. The molecular formula is C20H19F2N3O4S. The third-order valence-electron chi connectivity index (χ3n) is 4.97. The van der Waals surface area contributed by atoms with Crippen molar-refractivity contribution in [3.63, 3.8) is 0 Å². The Morgan fingerprint density at radius 3 is 2.70 bits per heavy atom. The smallest absolute Gasteiger partial charge is 0.341 e. The molecule has 2 fully saturated rings. The summed E-state index contributed by atoms with van der Waals surface area (Å²) in [5.41, 5.74) is 0.469. The Hall–Kier alpha value is -3.01. The molecule has 158 valence electrons. The number of benzene rings is 1. The first kappa shape index (κ1) is 20.3. The van der Waals surface area contributed by atoms with Crippen molar-refractivity contribution < 1.29 is 27.9 Å². The summed E-state index contributed by atoms with van der Waals surface area (Å²) in [6, 6.07) is 1.06. The first-order valence-electron chi connectivity index (χ1n) is 9.55. The molecule has 0 atom stereocenters. The quantitative estimate of drug-likeness (QED) is 0.675. The number of nitrogens with one attached hydrogen (secondary N) is 2. The number of carbonyl (C=O) groups excluding carboxylic acids is 3. The molecule has 2 aliphatic rings. The number of anilines is 2. The van der Waals surface area contributed by atoms with Crippen LogP contribution in [0.15, 0.2) is 17.5 Å². The van der Waals surface area contributed by atoms with E-state index < -0.39 is 35.1 Å². The van der Waals surface area contributed by atoms with E-state index in [0.717, 1.165) is 40.7 Å². The minimum Gasteiger partial charge on any atom is -0.462 e. The van der Waals surface area contributed by atoms with Crippen LogP contribution < -0.4 is 15.5 Å². The molecule has 1 aliphatic carbocycles. The molecule has 1 saturated heterocycles. The maximum absolute atomic E-state index is 14.4. The number of esters is 1. The van der Waals surface area contributed by atoms with Crippen molar-refractivity contribution in [2.45, 2.75) is 25.7 Å². The van der Waals surface area contributed by atoms with Gasteiger partial charge in [0.05, 0.1) is 23.4 Å². The average Bonchev–Trinajstić information content (AvgIpc) is 3.33. The van der Waals surface area contributed by atoms with E-state index in [2.05, 4.69) is 10.6 Å². The molecule has 1 saturated carbocycles. The van der Waals surface area contributed by atoms with Crippen LogP contribution in [0.4, 0.5) is 24.3 Å². The number of amides is 3. The van der Waals surface area contributed by atoms with Crippen molar-refractivity contribution in [1.82, 2.24) is 5.32 Å². The van der Waals surface area contributed by atoms with Crippen LogP contribution in [0.3, 0.4) is 0 Å². The summed E-state index contributed by atoms with van der Waals surface area (Å²) >= 11 is 1.16. The Kier molecular flexibility index (Phi) is 5.42. The number of hydrogen-bond donors (Lipinski definition) is 2. The molecule has 2 N–H and O–H groups in total. The second-order valence-electron chi connectivity index (χ2n) is 7.01. The van der Waals surface area contributed by atoms with Gasteiger partial charge in [-0.1, -0.05) is 0 Å². The number of urea groups is 1. The van der Waals surface area contributed by atoms with Crippen LogP contribution in [0.1, 0.15) is 52.0 Å². The highest BCUT2D eigenvalue weighted by Crippen LogP contribution is 2.46. The number of rotatable bonds is 6. The van der Waals surface area contributed by atoms with Gasteiger partial charge in [-0.3, -0.25) is 9.69 Å². The number of ether oxygens (including phenoxy) is 1. The number of hydrogen-bond acceptors (Lipinski definition) is 5. The highest BCUT2D eigenvalue weighted by atomic mass is 32.1. The van der Waals surface area contributed by atoms with Gasteiger partial charge in [0.2, 0.25) is 0 Å². The summed E-state index contributed by atoms with van der Waals surface area (Å²) in [7, 11) is 0. The molecular weight excluding hydrogens is 416 g/mol. The molecule has 0 unspecified atom stereocenters. The zero-order valence-electron chi connectivity index (χ0n) is 16.1. The predicted octanol–water partition coefficient (Wildman–Crippen LogP) is 3.86. The summed E-state index contributed by atoms with van der Waals surface area (Å²) in [5, 5.41) is 7.13. The van der Waals surface area contributed by atoms with Crippen LogP contribution in [-0.2, 0) is 4.74 Å². The van der Waals surface area contributed by atoms with Gasteiger partial charge < -0.3 is 15.4 Å². The second-order valence-corrected chi connectivity index (χ2v) is 7.89. The zero-order valence-corrected chi connectivity index (χ0v) is 16.9. The van der Waals surface area contributed by atoms with Gasteiger partial charge in [-0.2, -0.15) is 0 Å². The van der Waals surface area contributed by atoms with Gasteiger partial charge in [0, 0.05) is 19.2 Å². The van der Waals surface area contributed by atoms with E-state index in [1.807, 2.05) is 0 Å². The van der Waals surface area contributed by atoms with Gasteiger partial charge in [0.1, 0.15) is 16.6 Å². The zero-order chi connectivity index (χ0) is 21.4. The molecule has 30 heavy (non-hydrogen) atoms. The summed E-state index contributed by atoms with van der Waals surface area (Å²) in [6.45, 7) is 2.38. The van der Waals surface area contributed by atoms with Gasteiger partial charge in [-0.25, -0.2) is 18.4 Å². The number of nitrogens with zero attached hydrogens (tertiary/aromatic N) is 1. The molecule has 1 aliphatic heterocycles. The standard InChI is InChI=1S/C20H19F2N3O4S/c1-2-29-19(27)16-12(10-3-4-10)9-30-18(16)24-17(26)11-7-15(14(22)8-13(11)21)25-6-5-23-20(25)28/h7-10H,2-6H2,1H3,(H,23,28)(H,24,26). The summed E-state index contributed by atoms with van der Waals surface area (Å²) in [6.07, 6.45) is 1.90. The van der Waals surface area contributed by atoms with Gasteiger partial charge in [0.25, 0.3) is 5.91 Å². The maximum atomic E-state index is 14.4. The van der Waals surface area contributed by atoms with Gasteiger partial charge in [0.15, 0.2) is 0 Å². The SMILES string of the molecule is CCOC(=O)c1c(C2CC2)csc1NC(=O)c1cc(N2CCNC2=O)c(F)cc1F. The monoisotopic (exact) mass is 435 g/mol. The topological polar surface area (TPSA) is 87.7 Å². The molecule has 3 amide bonds. The van der Waals surface area contributed by atoms with Crippen molar-refractivity contribution in [2.75, 3.05) is 29.9 Å². The molecule has 1 aromatic heterocycles. The van der Waals surface area contributed by atoms with E-state index in [1.165, 1.54) is 0 Å². The van der Waals surface area contributed by atoms with Gasteiger partial charge >= 0.3 is 12.0 Å². The Morgan fingerprint density at radius 2 is 2.07 bits per heavy atom. The molecule has 1 aromatic carbocycles. The highest BCUT2D eigenvalue weighted by Gasteiger charge is 2.33. The molecule has 10 heteroatoms. The normalized spacial score (nSPS) is 15.8. The van der Waals surface area contributed by atoms with Crippen LogP contribution in [0.2, 0.25) is 0 Å². The number of halogens is 2. The number of thiophene rings is 1. The Morgan fingerprint density at radius 1 is 1.30 bits per heavy atom. The third kappa shape index (κ3) is 3.74. The first-order chi connectivity index (χ1) is 14.4. The molecule has 2 heterocycles. The molecule has 0 spiro atoms. The summed E-state index contributed by atoms with van der Waals surface area (Å²) < 4.78 is 33.7. The minimum absolute atomic E-state index is 0.181. The van der Waals surface area contributed by atoms with Crippen LogP contribution in [0.5, 0.6) is 0 Å². The molecule has 0 radical (unpaired) electrons. The summed E-state index contributed by atoms with van der Waals surface area (Å²) in [5.74, 6) is -3.16. The average molecular weight is 435 g/mol. The van der Waals surface area contributed by atoms with E-state index in [9.17, 15) is 23.2 Å². The van der Waals surface area contributed by atoms with Crippen molar-refractivity contribution in [2.24, 2.45) is 0 Å². The molecule has 7 nitrogen and oxygen atoms in total. The van der Waals surface area contributed by atoms with Crippen LogP contribution >= 0.6 is 11.3 Å². The Labute approximate surface area is 175 Å². The van der Waals surface area contributed by atoms with Crippen LogP contribution in [0.25, 0.3) is 0 Å². The fraction of sp³-hybridized carbons (Fsp3) is 0.350. The lowest BCUT2D eigenvalue weighted by molar-refractivity contribution is 0.0527. The third-order valence-corrected chi connectivity index (χ3v) is 5.89.